The minimum absolute atomic E-state index is 0.529. The van der Waals surface area contributed by atoms with Gasteiger partial charge in [-0.1, -0.05) is 13.8 Å². The first-order chi connectivity index (χ1) is 4.68. The maximum Gasteiger partial charge on any atom is 0.226 e. The highest BCUT2D eigenvalue weighted by atomic mass is 14.9. The molecule has 0 aliphatic carbocycles. The molecule has 0 aromatic rings. The molecule has 0 saturated heterocycles. The summed E-state index contributed by atoms with van der Waals surface area (Å²) in [7, 11) is 0. The minimum Gasteiger partial charge on any atom is -0.316 e. The van der Waals surface area contributed by atoms with Crippen molar-refractivity contribution in [3.05, 3.63) is 11.4 Å². The van der Waals surface area contributed by atoms with Crippen molar-refractivity contribution >= 4 is 0 Å². The van der Waals surface area contributed by atoms with Gasteiger partial charge in [0.15, 0.2) is 0 Å². The second-order valence-electron chi connectivity index (χ2n) is 2.87. The Morgan fingerprint density at radius 3 is 2.40 bits per heavy atom. The van der Waals surface area contributed by atoms with E-state index in [4.69, 9.17) is 6.57 Å². The van der Waals surface area contributed by atoms with E-state index < -0.39 is 0 Å². The first-order valence-electron chi connectivity index (χ1n) is 3.75. The van der Waals surface area contributed by atoms with Crippen LogP contribution in [0, 0.1) is 12.5 Å². The molecule has 0 aliphatic rings. The van der Waals surface area contributed by atoms with Crippen molar-refractivity contribution in [3.63, 3.8) is 0 Å². The highest BCUT2D eigenvalue weighted by molar-refractivity contribution is 4.68. The molecule has 2 heteroatoms. The Hall–Kier alpha value is -0.550. The highest BCUT2D eigenvalue weighted by Gasteiger charge is 2.04. The summed E-state index contributed by atoms with van der Waals surface area (Å²) in [6.45, 7) is 14.5. The van der Waals surface area contributed by atoms with Gasteiger partial charge < -0.3 is 10.2 Å². The molecule has 0 bridgehead atoms. The third kappa shape index (κ3) is 4.34. The van der Waals surface area contributed by atoms with E-state index in [0.717, 1.165) is 6.54 Å². The van der Waals surface area contributed by atoms with Crippen LogP contribution >= 0.6 is 0 Å². The van der Waals surface area contributed by atoms with Crippen molar-refractivity contribution in [2.45, 2.75) is 26.8 Å². The molecule has 0 aromatic carbocycles. The molecule has 0 fully saturated rings. The second-order valence-corrected chi connectivity index (χ2v) is 2.87. The van der Waals surface area contributed by atoms with Crippen LogP contribution in [0.1, 0.15) is 20.8 Å². The monoisotopic (exact) mass is 140 g/mol. The standard InChI is InChI=1S/C8H16N2/c1-7(2)8(3)10-6-5-9-4/h7-8,10H,5-6H2,1-3H3/t8-/m0/s1. The average Bonchev–Trinajstić information content (AvgIpc) is 1.88. The maximum absolute atomic E-state index is 6.54. The number of rotatable bonds is 4. The average molecular weight is 140 g/mol. The van der Waals surface area contributed by atoms with Gasteiger partial charge in [0, 0.05) is 6.04 Å². The van der Waals surface area contributed by atoms with Crippen LogP contribution in [0.3, 0.4) is 0 Å². The zero-order valence-electron chi connectivity index (χ0n) is 7.02. The second kappa shape index (κ2) is 5.25. The van der Waals surface area contributed by atoms with E-state index in [0.29, 0.717) is 18.5 Å². The smallest absolute Gasteiger partial charge is 0.226 e. The van der Waals surface area contributed by atoms with E-state index in [-0.39, 0.29) is 0 Å². The molecule has 0 unspecified atom stereocenters. The number of hydrogen-bond acceptors (Lipinski definition) is 1. The van der Waals surface area contributed by atoms with E-state index in [1.807, 2.05) is 0 Å². The third-order valence-corrected chi connectivity index (χ3v) is 1.69. The minimum atomic E-state index is 0.529. The Kier molecular flexibility index (Phi) is 4.96. The molecule has 0 heterocycles. The normalized spacial score (nSPS) is 13.1. The van der Waals surface area contributed by atoms with Crippen LogP contribution < -0.4 is 5.32 Å². The van der Waals surface area contributed by atoms with Crippen LogP contribution in [0.25, 0.3) is 4.85 Å². The summed E-state index contributed by atoms with van der Waals surface area (Å²) in [5, 5.41) is 3.27. The zero-order chi connectivity index (χ0) is 7.98. The molecule has 0 saturated carbocycles. The van der Waals surface area contributed by atoms with Crippen LogP contribution in [-0.2, 0) is 0 Å². The van der Waals surface area contributed by atoms with Crippen molar-refractivity contribution in [1.29, 1.82) is 0 Å². The molecule has 0 rings (SSSR count). The largest absolute Gasteiger partial charge is 0.316 e. The molecular formula is C8H16N2. The molecule has 0 spiro atoms. The van der Waals surface area contributed by atoms with E-state index in [1.165, 1.54) is 0 Å². The summed E-state index contributed by atoms with van der Waals surface area (Å²) in [6, 6.07) is 0.529. The van der Waals surface area contributed by atoms with Crippen LogP contribution in [0.15, 0.2) is 0 Å². The number of hydrogen-bond donors (Lipinski definition) is 1. The molecule has 0 aliphatic heterocycles. The lowest BCUT2D eigenvalue weighted by Gasteiger charge is -2.15. The Labute approximate surface area is 63.4 Å². The summed E-state index contributed by atoms with van der Waals surface area (Å²) in [6.07, 6.45) is 0. The van der Waals surface area contributed by atoms with Crippen LogP contribution in [-0.4, -0.2) is 19.1 Å². The third-order valence-electron chi connectivity index (χ3n) is 1.69. The van der Waals surface area contributed by atoms with E-state index >= 15 is 0 Å². The molecule has 10 heavy (non-hydrogen) atoms. The fourth-order valence-corrected chi connectivity index (χ4v) is 0.584. The molecule has 58 valence electrons. The Bertz CT molecular complexity index is 113. The summed E-state index contributed by atoms with van der Waals surface area (Å²) < 4.78 is 0. The zero-order valence-corrected chi connectivity index (χ0v) is 7.02. The lowest BCUT2D eigenvalue weighted by molar-refractivity contribution is 0.436. The fraction of sp³-hybridized carbons (Fsp3) is 0.875. The molecule has 0 radical (unpaired) electrons. The summed E-state index contributed by atoms with van der Waals surface area (Å²) in [4.78, 5) is 3.25. The van der Waals surface area contributed by atoms with Crippen molar-refractivity contribution in [1.82, 2.24) is 5.32 Å². The van der Waals surface area contributed by atoms with Gasteiger partial charge in [-0.25, -0.2) is 6.57 Å². The van der Waals surface area contributed by atoms with Gasteiger partial charge in [0.2, 0.25) is 6.54 Å². The predicted molar refractivity (Wildman–Crippen MR) is 43.8 cm³/mol. The van der Waals surface area contributed by atoms with Crippen LogP contribution in [0.5, 0.6) is 0 Å². The molecular weight excluding hydrogens is 124 g/mol. The van der Waals surface area contributed by atoms with Gasteiger partial charge in [0.05, 0.1) is 6.54 Å². The maximum atomic E-state index is 6.54. The summed E-state index contributed by atoms with van der Waals surface area (Å²) >= 11 is 0. The van der Waals surface area contributed by atoms with Crippen molar-refractivity contribution in [2.75, 3.05) is 13.1 Å². The van der Waals surface area contributed by atoms with Gasteiger partial charge in [-0.2, -0.15) is 0 Å². The molecule has 0 amide bonds. The van der Waals surface area contributed by atoms with Gasteiger partial charge in [0.1, 0.15) is 0 Å². The van der Waals surface area contributed by atoms with Crippen molar-refractivity contribution < 1.29 is 0 Å². The SMILES string of the molecule is [C-]#[N+]CCN[C@@H](C)C(C)C. The van der Waals surface area contributed by atoms with Crippen molar-refractivity contribution in [3.8, 4) is 0 Å². The first kappa shape index (κ1) is 9.45. The quantitative estimate of drug-likeness (QED) is 0.463. The van der Waals surface area contributed by atoms with Gasteiger partial charge in [-0.3, -0.25) is 0 Å². The summed E-state index contributed by atoms with van der Waals surface area (Å²) in [5.41, 5.74) is 0. The van der Waals surface area contributed by atoms with E-state index in [2.05, 4.69) is 30.9 Å². The number of nitrogens with zero attached hydrogens (tertiary/aromatic N) is 1. The topological polar surface area (TPSA) is 16.4 Å². The molecule has 1 atom stereocenters. The van der Waals surface area contributed by atoms with Crippen LogP contribution in [0.2, 0.25) is 0 Å². The van der Waals surface area contributed by atoms with Crippen molar-refractivity contribution in [2.24, 2.45) is 5.92 Å². The first-order valence-corrected chi connectivity index (χ1v) is 3.75. The van der Waals surface area contributed by atoms with E-state index in [1.54, 1.807) is 0 Å². The molecule has 1 N–H and O–H groups in total. The lowest BCUT2D eigenvalue weighted by atomic mass is 10.1. The Morgan fingerprint density at radius 1 is 1.40 bits per heavy atom. The number of nitrogens with one attached hydrogen (secondary N) is 1. The van der Waals surface area contributed by atoms with Gasteiger partial charge in [0.25, 0.3) is 0 Å². The Morgan fingerprint density at radius 2 is 2.00 bits per heavy atom. The summed E-state index contributed by atoms with van der Waals surface area (Å²) in [5.74, 6) is 0.658. The fourth-order valence-electron chi connectivity index (χ4n) is 0.584. The van der Waals surface area contributed by atoms with Crippen LogP contribution in [0.4, 0.5) is 0 Å². The van der Waals surface area contributed by atoms with Gasteiger partial charge in [-0.15, -0.1) is 0 Å². The lowest BCUT2D eigenvalue weighted by Crippen LogP contribution is -2.32. The highest BCUT2D eigenvalue weighted by Crippen LogP contribution is 1.98. The van der Waals surface area contributed by atoms with E-state index in [9.17, 15) is 0 Å². The molecule has 2 nitrogen and oxygen atoms in total. The van der Waals surface area contributed by atoms with Gasteiger partial charge >= 0.3 is 0 Å². The van der Waals surface area contributed by atoms with Gasteiger partial charge in [-0.05, 0) is 12.8 Å². The molecule has 0 aromatic heterocycles. The predicted octanol–water partition coefficient (Wildman–Crippen LogP) is 1.54. The Balaban J connectivity index is 3.23.